The van der Waals surface area contributed by atoms with E-state index < -0.39 is 10.0 Å². The molecule has 28 heavy (non-hydrogen) atoms. The van der Waals surface area contributed by atoms with Gasteiger partial charge in [0.15, 0.2) is 0 Å². The van der Waals surface area contributed by atoms with E-state index in [1.807, 2.05) is 0 Å². The number of carbonyl (C=O) groups is 1. The minimum atomic E-state index is -3.55. The number of anilines is 1. The van der Waals surface area contributed by atoms with Crippen LogP contribution < -0.4 is 4.90 Å². The molecule has 2 aliphatic heterocycles. The smallest absolute Gasteiger partial charge is 0.243 e. The molecular formula is C21H30N2O4S. The topological polar surface area (TPSA) is 66.9 Å². The van der Waals surface area contributed by atoms with Crippen LogP contribution in [0.1, 0.15) is 51.0 Å². The van der Waals surface area contributed by atoms with Gasteiger partial charge in [-0.2, -0.15) is 4.31 Å². The van der Waals surface area contributed by atoms with Crippen LogP contribution in [0.3, 0.4) is 0 Å². The Morgan fingerprint density at radius 3 is 2.71 bits per heavy atom. The van der Waals surface area contributed by atoms with Gasteiger partial charge in [-0.15, -0.1) is 0 Å². The number of ether oxygens (including phenoxy) is 1. The van der Waals surface area contributed by atoms with Crippen LogP contribution >= 0.6 is 0 Å². The zero-order chi connectivity index (χ0) is 19.9. The molecule has 1 aromatic carbocycles. The van der Waals surface area contributed by atoms with Gasteiger partial charge in [0.25, 0.3) is 0 Å². The van der Waals surface area contributed by atoms with E-state index in [2.05, 4.69) is 0 Å². The maximum Gasteiger partial charge on any atom is 0.243 e. The monoisotopic (exact) mass is 406 g/mol. The maximum atomic E-state index is 13.4. The lowest BCUT2D eigenvalue weighted by Crippen LogP contribution is -2.49. The number of sulfonamides is 1. The Hall–Kier alpha value is -1.44. The summed E-state index contributed by atoms with van der Waals surface area (Å²) in [5, 5.41) is 0. The quantitative estimate of drug-likeness (QED) is 0.774. The molecule has 1 unspecified atom stereocenters. The van der Waals surface area contributed by atoms with E-state index in [0.29, 0.717) is 24.5 Å². The van der Waals surface area contributed by atoms with Crippen molar-refractivity contribution in [3.05, 3.63) is 23.8 Å². The third-order valence-corrected chi connectivity index (χ3v) is 8.71. The van der Waals surface area contributed by atoms with Gasteiger partial charge in [-0.3, -0.25) is 4.79 Å². The molecule has 2 fully saturated rings. The molecule has 0 radical (unpaired) electrons. The molecule has 7 heteroatoms. The van der Waals surface area contributed by atoms with Gasteiger partial charge in [-0.25, -0.2) is 8.42 Å². The Kier molecular flexibility index (Phi) is 5.27. The van der Waals surface area contributed by atoms with Gasteiger partial charge >= 0.3 is 0 Å². The molecule has 0 N–H and O–H groups in total. The molecule has 1 saturated carbocycles. The van der Waals surface area contributed by atoms with Gasteiger partial charge in [0, 0.05) is 44.8 Å². The van der Waals surface area contributed by atoms with Crippen molar-refractivity contribution < 1.29 is 17.9 Å². The second-order valence-corrected chi connectivity index (χ2v) is 10.4. The van der Waals surface area contributed by atoms with Crippen LogP contribution in [-0.2, 0) is 26.0 Å². The van der Waals surface area contributed by atoms with Crippen molar-refractivity contribution >= 4 is 21.6 Å². The molecule has 4 rings (SSSR count). The van der Waals surface area contributed by atoms with E-state index >= 15 is 0 Å². The lowest BCUT2D eigenvalue weighted by atomic mass is 9.77. The summed E-state index contributed by atoms with van der Waals surface area (Å²) < 4.78 is 34.2. The molecule has 1 aliphatic carbocycles. The number of rotatable bonds is 3. The van der Waals surface area contributed by atoms with E-state index in [9.17, 15) is 13.2 Å². The minimum Gasteiger partial charge on any atom is -0.381 e. The summed E-state index contributed by atoms with van der Waals surface area (Å²) in [4.78, 5) is 14.0. The van der Waals surface area contributed by atoms with Crippen LogP contribution in [-0.4, -0.2) is 51.5 Å². The Morgan fingerprint density at radius 1 is 1.18 bits per heavy atom. The summed E-state index contributed by atoms with van der Waals surface area (Å²) in [6.45, 7) is 3.36. The number of methoxy groups -OCH3 is 1. The highest BCUT2D eigenvalue weighted by Crippen LogP contribution is 2.47. The van der Waals surface area contributed by atoms with Crippen molar-refractivity contribution in [3.63, 3.8) is 0 Å². The average molecular weight is 407 g/mol. The highest BCUT2D eigenvalue weighted by molar-refractivity contribution is 7.89. The number of hydrogen-bond donors (Lipinski definition) is 0. The number of hydrogen-bond acceptors (Lipinski definition) is 4. The van der Waals surface area contributed by atoms with Gasteiger partial charge in [-0.05, 0) is 62.3 Å². The van der Waals surface area contributed by atoms with E-state index in [4.69, 9.17) is 4.74 Å². The number of aryl methyl sites for hydroxylation is 1. The molecule has 1 saturated heterocycles. The van der Waals surface area contributed by atoms with E-state index in [1.54, 1.807) is 41.4 Å². The lowest BCUT2D eigenvalue weighted by molar-refractivity contribution is -0.116. The van der Waals surface area contributed by atoms with Crippen LogP contribution in [0.15, 0.2) is 23.1 Å². The summed E-state index contributed by atoms with van der Waals surface area (Å²) in [5.41, 5.74) is 1.76. The second kappa shape index (κ2) is 7.43. The number of amides is 1. The van der Waals surface area contributed by atoms with Gasteiger partial charge in [0.2, 0.25) is 15.9 Å². The zero-order valence-corrected chi connectivity index (χ0v) is 17.6. The summed E-state index contributed by atoms with van der Waals surface area (Å²) in [6.07, 6.45) is 6.89. The zero-order valence-electron chi connectivity index (χ0n) is 16.8. The molecule has 6 nitrogen and oxygen atoms in total. The molecule has 2 heterocycles. The SMILES string of the molecule is COC1CCC[C@]12CCCN(S(=O)(=O)c1ccc3c(c1)CCCN3C(C)=O)C2. The maximum absolute atomic E-state index is 13.4. The van der Waals surface area contributed by atoms with Crippen LogP contribution in [0, 0.1) is 5.41 Å². The van der Waals surface area contributed by atoms with E-state index in [1.165, 1.54) is 0 Å². The molecule has 1 spiro atoms. The van der Waals surface area contributed by atoms with Crippen molar-refractivity contribution in [2.45, 2.75) is 62.9 Å². The highest BCUT2D eigenvalue weighted by atomic mass is 32.2. The van der Waals surface area contributed by atoms with Crippen molar-refractivity contribution in [1.29, 1.82) is 0 Å². The van der Waals surface area contributed by atoms with Crippen molar-refractivity contribution in [2.24, 2.45) is 5.41 Å². The predicted molar refractivity (Wildman–Crippen MR) is 108 cm³/mol. The lowest BCUT2D eigenvalue weighted by Gasteiger charge is -2.43. The van der Waals surface area contributed by atoms with E-state index in [-0.39, 0.29) is 17.4 Å². The van der Waals surface area contributed by atoms with Gasteiger partial charge < -0.3 is 9.64 Å². The first-order valence-electron chi connectivity index (χ1n) is 10.3. The molecule has 1 amide bonds. The number of fused-ring (bicyclic) bond motifs is 1. The van der Waals surface area contributed by atoms with Crippen LogP contribution in [0.25, 0.3) is 0 Å². The minimum absolute atomic E-state index is 0.00127. The average Bonchev–Trinajstić information content (AvgIpc) is 3.08. The normalized spacial score (nSPS) is 28.5. The Balaban J connectivity index is 1.63. The third-order valence-electron chi connectivity index (χ3n) is 6.87. The fourth-order valence-electron chi connectivity index (χ4n) is 5.47. The van der Waals surface area contributed by atoms with Crippen molar-refractivity contribution in [2.75, 3.05) is 31.6 Å². The largest absolute Gasteiger partial charge is 0.381 e. The number of piperidine rings is 1. The molecule has 154 valence electrons. The molecule has 0 aromatic heterocycles. The molecule has 1 aromatic rings. The molecular weight excluding hydrogens is 376 g/mol. The number of benzene rings is 1. The fraction of sp³-hybridized carbons (Fsp3) is 0.667. The summed E-state index contributed by atoms with van der Waals surface area (Å²) in [7, 11) is -1.81. The molecule has 0 bridgehead atoms. The van der Waals surface area contributed by atoms with E-state index in [0.717, 1.165) is 56.2 Å². The Labute approximate surface area is 167 Å². The first kappa shape index (κ1) is 19.9. The second-order valence-electron chi connectivity index (χ2n) is 8.49. The summed E-state index contributed by atoms with van der Waals surface area (Å²) >= 11 is 0. The van der Waals surface area contributed by atoms with Crippen LogP contribution in [0.2, 0.25) is 0 Å². The van der Waals surface area contributed by atoms with Gasteiger partial charge in [-0.1, -0.05) is 6.42 Å². The standard InChI is InChI=1S/C21H30N2O4S/c1-16(24)23-13-4-6-17-14-18(8-9-19(17)23)28(25,26)22-12-5-11-21(15-22)10-3-7-20(21)27-2/h8-9,14,20H,3-7,10-13,15H2,1-2H3/t20?,21-/m1/s1. The summed E-state index contributed by atoms with van der Waals surface area (Å²) in [5.74, 6) is 0.00127. The van der Waals surface area contributed by atoms with Crippen molar-refractivity contribution in [1.82, 2.24) is 4.31 Å². The molecule has 3 aliphatic rings. The summed E-state index contributed by atoms with van der Waals surface area (Å²) in [6, 6.07) is 5.25. The molecule has 2 atom stereocenters. The Bertz CT molecular complexity index is 869. The predicted octanol–water partition coefficient (Wildman–Crippen LogP) is 2.96. The first-order valence-corrected chi connectivity index (χ1v) is 11.8. The number of nitrogens with zero attached hydrogens (tertiary/aromatic N) is 2. The van der Waals surface area contributed by atoms with Crippen LogP contribution in [0.4, 0.5) is 5.69 Å². The van der Waals surface area contributed by atoms with Gasteiger partial charge in [0.05, 0.1) is 11.0 Å². The first-order chi connectivity index (χ1) is 13.4. The van der Waals surface area contributed by atoms with Crippen LogP contribution in [0.5, 0.6) is 0 Å². The highest BCUT2D eigenvalue weighted by Gasteiger charge is 2.48. The Morgan fingerprint density at radius 2 is 1.96 bits per heavy atom. The van der Waals surface area contributed by atoms with Crippen molar-refractivity contribution in [3.8, 4) is 0 Å². The van der Waals surface area contributed by atoms with Gasteiger partial charge in [0.1, 0.15) is 0 Å². The third kappa shape index (κ3) is 3.27. The number of carbonyl (C=O) groups excluding carboxylic acids is 1. The fourth-order valence-corrected chi connectivity index (χ4v) is 7.10.